The highest BCUT2D eigenvalue weighted by molar-refractivity contribution is 5.76. The van der Waals surface area contributed by atoms with Gasteiger partial charge in [-0.3, -0.25) is 9.59 Å². The van der Waals surface area contributed by atoms with Gasteiger partial charge in [-0.25, -0.2) is 0 Å². The maximum absolute atomic E-state index is 11.7. The molecule has 6 N–H and O–H groups in total. The molecular formula is C20H43N5O2. The van der Waals surface area contributed by atoms with Gasteiger partial charge in [0.15, 0.2) is 0 Å². The van der Waals surface area contributed by atoms with Crippen LogP contribution in [0.15, 0.2) is 0 Å². The van der Waals surface area contributed by atoms with Crippen LogP contribution in [-0.2, 0) is 9.59 Å². The van der Waals surface area contributed by atoms with E-state index >= 15 is 0 Å². The number of rotatable bonds is 20. The van der Waals surface area contributed by atoms with Crippen molar-refractivity contribution in [2.24, 2.45) is 5.73 Å². The highest BCUT2D eigenvalue weighted by Crippen LogP contribution is 1.99. The average molecular weight is 386 g/mol. The van der Waals surface area contributed by atoms with Crippen LogP contribution in [0, 0.1) is 0 Å². The first-order chi connectivity index (χ1) is 13.2. The van der Waals surface area contributed by atoms with Gasteiger partial charge in [0.1, 0.15) is 0 Å². The molecule has 0 atom stereocenters. The zero-order valence-corrected chi connectivity index (χ0v) is 17.4. The van der Waals surface area contributed by atoms with Gasteiger partial charge in [0.25, 0.3) is 0 Å². The van der Waals surface area contributed by atoms with E-state index in [-0.39, 0.29) is 11.8 Å². The molecule has 0 saturated carbocycles. The molecule has 0 unspecified atom stereocenters. The first-order valence-corrected chi connectivity index (χ1v) is 10.9. The third-order valence-corrected chi connectivity index (χ3v) is 4.25. The summed E-state index contributed by atoms with van der Waals surface area (Å²) in [6, 6.07) is 0. The molecule has 160 valence electrons. The van der Waals surface area contributed by atoms with Gasteiger partial charge in [-0.05, 0) is 77.7 Å². The van der Waals surface area contributed by atoms with Crippen LogP contribution >= 0.6 is 0 Å². The predicted molar refractivity (Wildman–Crippen MR) is 113 cm³/mol. The minimum absolute atomic E-state index is 0.128. The topological polar surface area (TPSA) is 108 Å². The van der Waals surface area contributed by atoms with Gasteiger partial charge in [-0.1, -0.05) is 13.3 Å². The summed E-state index contributed by atoms with van der Waals surface area (Å²) in [5.41, 5.74) is 5.44. The molecule has 0 radical (unpaired) electrons. The Labute approximate surface area is 166 Å². The van der Waals surface area contributed by atoms with Crippen molar-refractivity contribution in [3.8, 4) is 0 Å². The van der Waals surface area contributed by atoms with E-state index in [1.54, 1.807) is 0 Å². The van der Waals surface area contributed by atoms with Gasteiger partial charge in [-0.15, -0.1) is 0 Å². The van der Waals surface area contributed by atoms with E-state index in [2.05, 4.69) is 21.3 Å². The molecular weight excluding hydrogens is 342 g/mol. The molecule has 27 heavy (non-hydrogen) atoms. The first kappa shape index (κ1) is 25.8. The van der Waals surface area contributed by atoms with Crippen molar-refractivity contribution in [2.45, 2.75) is 71.1 Å². The third kappa shape index (κ3) is 21.0. The van der Waals surface area contributed by atoms with E-state index in [0.29, 0.717) is 12.8 Å². The standard InChI is InChI=1S/C20H43N5O2/c1-2-10-19(26)24-17-5-3-4-11-20(27)25-18-9-16-23-14-7-6-13-22-15-8-12-21/h22-23H,2-18,21H2,1H3,(H,24,26)(H,25,27). The Bertz CT molecular complexity index is 353. The quantitative estimate of drug-likeness (QED) is 0.203. The molecule has 7 nitrogen and oxygen atoms in total. The molecule has 0 aliphatic carbocycles. The van der Waals surface area contributed by atoms with Gasteiger partial charge in [-0.2, -0.15) is 0 Å². The molecule has 0 aromatic heterocycles. The number of nitrogens with one attached hydrogen (secondary N) is 4. The smallest absolute Gasteiger partial charge is 0.219 e. The summed E-state index contributed by atoms with van der Waals surface area (Å²) in [7, 11) is 0. The highest BCUT2D eigenvalue weighted by atomic mass is 16.2. The molecule has 0 aromatic rings. The number of hydrogen-bond acceptors (Lipinski definition) is 5. The monoisotopic (exact) mass is 385 g/mol. The number of amides is 2. The number of unbranched alkanes of at least 4 members (excludes halogenated alkanes) is 3. The fourth-order valence-electron chi connectivity index (χ4n) is 2.64. The maximum atomic E-state index is 11.7. The van der Waals surface area contributed by atoms with Gasteiger partial charge in [0.2, 0.25) is 11.8 Å². The van der Waals surface area contributed by atoms with Crippen LogP contribution in [0.25, 0.3) is 0 Å². The Hall–Kier alpha value is -1.18. The number of carbonyl (C=O) groups is 2. The van der Waals surface area contributed by atoms with Crippen molar-refractivity contribution in [3.05, 3.63) is 0 Å². The van der Waals surface area contributed by atoms with Crippen LogP contribution in [0.1, 0.15) is 71.1 Å². The Morgan fingerprint density at radius 2 is 1.15 bits per heavy atom. The van der Waals surface area contributed by atoms with Crippen molar-refractivity contribution < 1.29 is 9.59 Å². The molecule has 0 saturated heterocycles. The van der Waals surface area contributed by atoms with E-state index in [0.717, 1.165) is 84.3 Å². The Balaban J connectivity index is 3.20. The summed E-state index contributed by atoms with van der Waals surface area (Å²) >= 11 is 0. The van der Waals surface area contributed by atoms with Crippen molar-refractivity contribution >= 4 is 11.8 Å². The van der Waals surface area contributed by atoms with Crippen LogP contribution in [0.5, 0.6) is 0 Å². The summed E-state index contributed by atoms with van der Waals surface area (Å²) in [6.07, 6.45) is 9.21. The zero-order valence-electron chi connectivity index (χ0n) is 17.4. The van der Waals surface area contributed by atoms with Crippen LogP contribution < -0.4 is 27.0 Å². The number of nitrogens with two attached hydrogens (primary N) is 1. The SMILES string of the molecule is CCCC(=O)NCCCCCC(=O)NCCCNCCCCNCCCN. The lowest BCUT2D eigenvalue weighted by atomic mass is 10.2. The average Bonchev–Trinajstić information content (AvgIpc) is 2.65. The molecule has 0 aliphatic heterocycles. The lowest BCUT2D eigenvalue weighted by Gasteiger charge is -2.07. The Morgan fingerprint density at radius 3 is 1.78 bits per heavy atom. The first-order valence-electron chi connectivity index (χ1n) is 10.9. The van der Waals surface area contributed by atoms with Crippen molar-refractivity contribution in [2.75, 3.05) is 45.8 Å². The highest BCUT2D eigenvalue weighted by Gasteiger charge is 2.01. The molecule has 7 heteroatoms. The molecule has 0 aromatic carbocycles. The van der Waals surface area contributed by atoms with Crippen molar-refractivity contribution in [3.63, 3.8) is 0 Å². The summed E-state index contributed by atoms with van der Waals surface area (Å²) in [4.78, 5) is 23.0. The van der Waals surface area contributed by atoms with Crippen LogP contribution in [0.3, 0.4) is 0 Å². The zero-order chi connectivity index (χ0) is 20.0. The normalized spacial score (nSPS) is 10.7. The second-order valence-electron chi connectivity index (χ2n) is 6.96. The minimum atomic E-state index is 0.128. The summed E-state index contributed by atoms with van der Waals surface area (Å²) in [5, 5.41) is 12.7. The summed E-state index contributed by atoms with van der Waals surface area (Å²) < 4.78 is 0. The van der Waals surface area contributed by atoms with E-state index in [4.69, 9.17) is 5.73 Å². The summed E-state index contributed by atoms with van der Waals surface area (Å²) in [6.45, 7) is 8.25. The van der Waals surface area contributed by atoms with Crippen LogP contribution in [0.4, 0.5) is 0 Å². The van der Waals surface area contributed by atoms with Crippen LogP contribution in [-0.4, -0.2) is 57.6 Å². The van der Waals surface area contributed by atoms with E-state index in [9.17, 15) is 9.59 Å². The fourth-order valence-corrected chi connectivity index (χ4v) is 2.64. The Morgan fingerprint density at radius 1 is 0.630 bits per heavy atom. The van der Waals surface area contributed by atoms with E-state index in [1.807, 2.05) is 6.92 Å². The molecule has 0 fully saturated rings. The van der Waals surface area contributed by atoms with Gasteiger partial charge < -0.3 is 27.0 Å². The minimum Gasteiger partial charge on any atom is -0.356 e. The third-order valence-electron chi connectivity index (χ3n) is 4.25. The van der Waals surface area contributed by atoms with E-state index < -0.39 is 0 Å². The molecule has 0 spiro atoms. The molecule has 2 amide bonds. The fraction of sp³-hybridized carbons (Fsp3) is 0.900. The Kier molecular flexibility index (Phi) is 20.2. The molecule has 0 heterocycles. The number of carbonyl (C=O) groups excluding carboxylic acids is 2. The van der Waals surface area contributed by atoms with Crippen molar-refractivity contribution in [1.29, 1.82) is 0 Å². The lowest BCUT2D eigenvalue weighted by Crippen LogP contribution is -2.27. The van der Waals surface area contributed by atoms with Gasteiger partial charge in [0, 0.05) is 25.9 Å². The maximum Gasteiger partial charge on any atom is 0.219 e. The number of hydrogen-bond donors (Lipinski definition) is 5. The largest absolute Gasteiger partial charge is 0.356 e. The molecule has 0 aliphatic rings. The van der Waals surface area contributed by atoms with Crippen LogP contribution in [0.2, 0.25) is 0 Å². The van der Waals surface area contributed by atoms with Gasteiger partial charge in [0.05, 0.1) is 0 Å². The molecule has 0 rings (SSSR count). The second kappa shape index (κ2) is 21.1. The lowest BCUT2D eigenvalue weighted by molar-refractivity contribution is -0.122. The van der Waals surface area contributed by atoms with Crippen molar-refractivity contribution in [1.82, 2.24) is 21.3 Å². The predicted octanol–water partition coefficient (Wildman–Crippen LogP) is 1.28. The van der Waals surface area contributed by atoms with E-state index in [1.165, 1.54) is 12.8 Å². The molecule has 0 bridgehead atoms. The summed E-state index contributed by atoms with van der Waals surface area (Å²) in [5.74, 6) is 0.261. The van der Waals surface area contributed by atoms with Gasteiger partial charge >= 0.3 is 0 Å². The second-order valence-corrected chi connectivity index (χ2v) is 6.96.